The van der Waals surface area contributed by atoms with Crippen LogP contribution in [0, 0.1) is 5.82 Å². The lowest BCUT2D eigenvalue weighted by molar-refractivity contribution is 0.121. The Balaban J connectivity index is 2.87. The molecule has 0 heterocycles. The van der Waals surface area contributed by atoms with E-state index >= 15 is 0 Å². The molecular weight excluding hydrogens is 221 g/mol. The minimum atomic E-state index is -0.569. The topological polar surface area (TPSA) is 41.5 Å². The van der Waals surface area contributed by atoms with Gasteiger partial charge in [0, 0.05) is 17.7 Å². The van der Waals surface area contributed by atoms with Crippen molar-refractivity contribution in [2.45, 2.75) is 32.9 Å². The predicted octanol–water partition coefficient (Wildman–Crippen LogP) is 2.26. The van der Waals surface area contributed by atoms with Crippen LogP contribution in [0.5, 0.6) is 5.75 Å². The Morgan fingerprint density at radius 2 is 2.12 bits per heavy atom. The molecule has 1 aromatic carbocycles. The van der Waals surface area contributed by atoms with Crippen molar-refractivity contribution in [3.63, 3.8) is 0 Å². The van der Waals surface area contributed by atoms with Gasteiger partial charge in [-0.1, -0.05) is 13.0 Å². The first-order valence-electron chi connectivity index (χ1n) is 5.88. The average Bonchev–Trinajstić information content (AvgIpc) is 2.26. The van der Waals surface area contributed by atoms with Crippen LogP contribution in [-0.2, 0) is 0 Å². The molecule has 0 aliphatic carbocycles. The molecule has 0 fully saturated rings. The zero-order valence-corrected chi connectivity index (χ0v) is 10.5. The van der Waals surface area contributed by atoms with Crippen LogP contribution in [-0.4, -0.2) is 24.4 Å². The van der Waals surface area contributed by atoms with E-state index in [2.05, 4.69) is 5.32 Å². The summed E-state index contributed by atoms with van der Waals surface area (Å²) in [6, 6.07) is 4.56. The minimum Gasteiger partial charge on any atom is -0.490 e. The largest absolute Gasteiger partial charge is 0.490 e. The Labute approximate surface area is 102 Å². The van der Waals surface area contributed by atoms with Crippen molar-refractivity contribution < 1.29 is 14.2 Å². The highest BCUT2D eigenvalue weighted by atomic mass is 19.1. The Morgan fingerprint density at radius 3 is 2.71 bits per heavy atom. The fraction of sp³-hybridized carbons (Fsp3) is 0.538. The number of hydrogen-bond acceptors (Lipinski definition) is 3. The van der Waals surface area contributed by atoms with Crippen LogP contribution in [0.4, 0.5) is 4.39 Å². The summed E-state index contributed by atoms with van der Waals surface area (Å²) in [6.45, 7) is 6.62. The second-order valence-corrected chi connectivity index (χ2v) is 4.12. The van der Waals surface area contributed by atoms with Crippen molar-refractivity contribution in [3.05, 3.63) is 29.6 Å². The van der Waals surface area contributed by atoms with E-state index < -0.39 is 6.10 Å². The lowest BCUT2D eigenvalue weighted by Gasteiger charge is -2.18. The van der Waals surface area contributed by atoms with Crippen LogP contribution >= 0.6 is 0 Å². The Morgan fingerprint density at radius 1 is 1.41 bits per heavy atom. The number of rotatable bonds is 6. The van der Waals surface area contributed by atoms with Gasteiger partial charge in [0.25, 0.3) is 0 Å². The van der Waals surface area contributed by atoms with Crippen LogP contribution in [0.3, 0.4) is 0 Å². The molecule has 0 spiro atoms. The summed E-state index contributed by atoms with van der Waals surface area (Å²) in [5.74, 6) is 0.150. The average molecular weight is 241 g/mol. The molecule has 17 heavy (non-hydrogen) atoms. The molecule has 0 bridgehead atoms. The summed E-state index contributed by atoms with van der Waals surface area (Å²) in [4.78, 5) is 0. The van der Waals surface area contributed by atoms with Gasteiger partial charge >= 0.3 is 0 Å². The third-order valence-electron chi connectivity index (χ3n) is 2.43. The van der Waals surface area contributed by atoms with Crippen molar-refractivity contribution in [1.82, 2.24) is 5.32 Å². The zero-order chi connectivity index (χ0) is 12.8. The first kappa shape index (κ1) is 13.9. The zero-order valence-electron chi connectivity index (χ0n) is 10.5. The molecule has 0 aliphatic heterocycles. The molecule has 0 aromatic heterocycles. The highest BCUT2D eigenvalue weighted by Gasteiger charge is 2.12. The third-order valence-corrected chi connectivity index (χ3v) is 2.43. The Bertz CT molecular complexity index is 355. The second kappa shape index (κ2) is 6.57. The van der Waals surface area contributed by atoms with Gasteiger partial charge in [-0.2, -0.15) is 0 Å². The van der Waals surface area contributed by atoms with Crippen LogP contribution in [0.25, 0.3) is 0 Å². The van der Waals surface area contributed by atoms with Crippen LogP contribution in [0.2, 0.25) is 0 Å². The number of hydrogen-bond donors (Lipinski definition) is 2. The minimum absolute atomic E-state index is 0.0876. The molecule has 2 unspecified atom stereocenters. The Hall–Kier alpha value is -1.13. The Kier molecular flexibility index (Phi) is 5.38. The first-order chi connectivity index (χ1) is 8.04. The molecule has 2 atom stereocenters. The fourth-order valence-electron chi connectivity index (χ4n) is 1.62. The van der Waals surface area contributed by atoms with Crippen LogP contribution in [0.15, 0.2) is 18.2 Å². The van der Waals surface area contributed by atoms with E-state index in [0.29, 0.717) is 5.75 Å². The van der Waals surface area contributed by atoms with E-state index in [-0.39, 0.29) is 18.5 Å². The number of ether oxygens (including phenoxy) is 1. The maximum absolute atomic E-state index is 13.2. The van der Waals surface area contributed by atoms with E-state index in [4.69, 9.17) is 4.74 Å². The van der Waals surface area contributed by atoms with E-state index in [0.717, 1.165) is 12.1 Å². The number of aliphatic hydroxyl groups excluding tert-OH is 1. The molecule has 0 saturated carbocycles. The molecule has 0 saturated heterocycles. The fourth-order valence-corrected chi connectivity index (χ4v) is 1.62. The smallest absolute Gasteiger partial charge is 0.127 e. The highest BCUT2D eigenvalue weighted by Crippen LogP contribution is 2.26. The quantitative estimate of drug-likeness (QED) is 0.802. The molecule has 96 valence electrons. The predicted molar refractivity (Wildman–Crippen MR) is 65.7 cm³/mol. The summed E-state index contributed by atoms with van der Waals surface area (Å²) in [5, 5.41) is 12.4. The molecule has 0 aliphatic rings. The van der Waals surface area contributed by atoms with E-state index in [1.165, 1.54) is 12.1 Å². The van der Waals surface area contributed by atoms with Gasteiger partial charge in [0.05, 0.1) is 6.10 Å². The van der Waals surface area contributed by atoms with Gasteiger partial charge in [0.15, 0.2) is 0 Å². The number of nitrogens with one attached hydrogen (secondary N) is 1. The second-order valence-electron chi connectivity index (χ2n) is 4.12. The maximum atomic E-state index is 13.2. The van der Waals surface area contributed by atoms with Crippen molar-refractivity contribution >= 4 is 0 Å². The standard InChI is InChI=1S/C13H20FNO2/c1-4-15-10(3)12-6-5-11(14)7-13(12)17-8-9(2)16/h5-7,9-10,15-16H,4,8H2,1-3H3. The molecule has 4 heteroatoms. The highest BCUT2D eigenvalue weighted by molar-refractivity contribution is 5.36. The van der Waals surface area contributed by atoms with Gasteiger partial charge in [0.1, 0.15) is 18.2 Å². The van der Waals surface area contributed by atoms with Crippen molar-refractivity contribution in [1.29, 1.82) is 0 Å². The molecule has 1 aromatic rings. The SMILES string of the molecule is CCNC(C)c1ccc(F)cc1OCC(C)O. The monoisotopic (exact) mass is 241 g/mol. The molecule has 3 nitrogen and oxygen atoms in total. The van der Waals surface area contributed by atoms with E-state index in [1.807, 2.05) is 13.8 Å². The van der Waals surface area contributed by atoms with E-state index in [9.17, 15) is 9.50 Å². The molecular formula is C13H20FNO2. The number of benzene rings is 1. The maximum Gasteiger partial charge on any atom is 0.127 e. The molecule has 2 N–H and O–H groups in total. The molecule has 0 radical (unpaired) electrons. The number of halogens is 1. The van der Waals surface area contributed by atoms with Crippen LogP contribution in [0.1, 0.15) is 32.4 Å². The van der Waals surface area contributed by atoms with Gasteiger partial charge in [-0.3, -0.25) is 0 Å². The van der Waals surface area contributed by atoms with Gasteiger partial charge in [-0.05, 0) is 26.5 Å². The van der Waals surface area contributed by atoms with Gasteiger partial charge in [-0.25, -0.2) is 4.39 Å². The lowest BCUT2D eigenvalue weighted by atomic mass is 10.1. The van der Waals surface area contributed by atoms with Crippen LogP contribution < -0.4 is 10.1 Å². The first-order valence-corrected chi connectivity index (χ1v) is 5.88. The third kappa shape index (κ3) is 4.32. The van der Waals surface area contributed by atoms with Gasteiger partial charge in [-0.15, -0.1) is 0 Å². The lowest BCUT2D eigenvalue weighted by Crippen LogP contribution is -2.20. The normalized spacial score (nSPS) is 14.4. The molecule has 1 rings (SSSR count). The summed E-state index contributed by atoms with van der Waals surface area (Å²) in [5.41, 5.74) is 0.897. The van der Waals surface area contributed by atoms with Crippen molar-refractivity contribution in [2.24, 2.45) is 0 Å². The van der Waals surface area contributed by atoms with Gasteiger partial charge < -0.3 is 15.2 Å². The van der Waals surface area contributed by atoms with E-state index in [1.54, 1.807) is 13.0 Å². The van der Waals surface area contributed by atoms with Gasteiger partial charge in [0.2, 0.25) is 0 Å². The van der Waals surface area contributed by atoms with Crippen molar-refractivity contribution in [2.75, 3.05) is 13.2 Å². The van der Waals surface area contributed by atoms with Crippen molar-refractivity contribution in [3.8, 4) is 5.75 Å². The number of aliphatic hydroxyl groups is 1. The summed E-state index contributed by atoms with van der Waals surface area (Å²) in [7, 11) is 0. The molecule has 0 amide bonds. The summed E-state index contributed by atoms with van der Waals surface area (Å²) >= 11 is 0. The summed E-state index contributed by atoms with van der Waals surface area (Å²) in [6.07, 6.45) is -0.569. The summed E-state index contributed by atoms with van der Waals surface area (Å²) < 4.78 is 18.6.